The molecule has 0 spiro atoms. The molecular formula is C14H14N2O3. The van der Waals surface area contributed by atoms with Gasteiger partial charge in [0, 0.05) is 11.8 Å². The summed E-state index contributed by atoms with van der Waals surface area (Å²) in [6.45, 7) is 0. The van der Waals surface area contributed by atoms with Crippen molar-refractivity contribution in [3.63, 3.8) is 0 Å². The number of benzene rings is 1. The molecule has 5 nitrogen and oxygen atoms in total. The van der Waals surface area contributed by atoms with E-state index in [4.69, 9.17) is 0 Å². The van der Waals surface area contributed by atoms with Crippen LogP contribution in [-0.4, -0.2) is 32.1 Å². The van der Waals surface area contributed by atoms with Gasteiger partial charge in [-0.3, -0.25) is 4.79 Å². The van der Waals surface area contributed by atoms with Crippen LogP contribution in [0.1, 0.15) is 18.4 Å². The standard InChI is InChI=1S/C14H14N2O3/c17-12-6-14(7-12,13(18)19)10-8-15-16(9-10)11-4-2-1-3-5-11/h1-5,8-9,12,17H,6-7H2,(H,18,19). The molecule has 0 saturated heterocycles. The van der Waals surface area contributed by atoms with Crippen LogP contribution in [0.3, 0.4) is 0 Å². The van der Waals surface area contributed by atoms with Crippen molar-refractivity contribution in [2.45, 2.75) is 24.4 Å². The first-order chi connectivity index (χ1) is 9.12. The molecule has 0 bridgehead atoms. The van der Waals surface area contributed by atoms with Crippen molar-refractivity contribution in [3.05, 3.63) is 48.3 Å². The van der Waals surface area contributed by atoms with Gasteiger partial charge in [-0.15, -0.1) is 0 Å². The molecule has 19 heavy (non-hydrogen) atoms. The monoisotopic (exact) mass is 258 g/mol. The summed E-state index contributed by atoms with van der Waals surface area (Å²) in [7, 11) is 0. The topological polar surface area (TPSA) is 75.3 Å². The van der Waals surface area contributed by atoms with Gasteiger partial charge in [-0.1, -0.05) is 18.2 Å². The van der Waals surface area contributed by atoms with E-state index in [9.17, 15) is 15.0 Å². The van der Waals surface area contributed by atoms with Crippen LogP contribution in [0.15, 0.2) is 42.7 Å². The van der Waals surface area contributed by atoms with Gasteiger partial charge in [0.2, 0.25) is 0 Å². The predicted molar refractivity (Wildman–Crippen MR) is 68.1 cm³/mol. The van der Waals surface area contributed by atoms with Gasteiger partial charge in [0.1, 0.15) is 5.41 Å². The van der Waals surface area contributed by atoms with E-state index in [0.29, 0.717) is 5.56 Å². The molecule has 1 aromatic heterocycles. The SMILES string of the molecule is O=C(O)C1(c2cnn(-c3ccccc3)c2)CC(O)C1. The van der Waals surface area contributed by atoms with Crippen LogP contribution < -0.4 is 0 Å². The second-order valence-electron chi connectivity index (χ2n) is 4.96. The zero-order valence-electron chi connectivity index (χ0n) is 10.2. The number of rotatable bonds is 3. The number of aliphatic hydroxyl groups excluding tert-OH is 1. The predicted octanol–water partition coefficient (Wildman–Crippen LogP) is 1.35. The van der Waals surface area contributed by atoms with E-state index in [1.807, 2.05) is 30.3 Å². The van der Waals surface area contributed by atoms with Crippen LogP contribution in [0.2, 0.25) is 0 Å². The first-order valence-corrected chi connectivity index (χ1v) is 6.14. The number of carboxylic acids is 1. The maximum Gasteiger partial charge on any atom is 0.314 e. The number of aliphatic carboxylic acids is 1. The smallest absolute Gasteiger partial charge is 0.314 e. The number of nitrogens with zero attached hydrogens (tertiary/aromatic N) is 2. The Labute approximate surface area is 110 Å². The van der Waals surface area contributed by atoms with E-state index in [0.717, 1.165) is 5.69 Å². The summed E-state index contributed by atoms with van der Waals surface area (Å²) < 4.78 is 1.66. The Morgan fingerprint density at radius 3 is 2.58 bits per heavy atom. The number of aromatic nitrogens is 2. The minimum Gasteiger partial charge on any atom is -0.481 e. The first kappa shape index (κ1) is 11.9. The normalized spacial score (nSPS) is 25.8. The van der Waals surface area contributed by atoms with Crippen molar-refractivity contribution >= 4 is 5.97 Å². The van der Waals surface area contributed by atoms with E-state index in [1.165, 1.54) is 0 Å². The van der Waals surface area contributed by atoms with Crippen molar-refractivity contribution in [3.8, 4) is 5.69 Å². The summed E-state index contributed by atoms with van der Waals surface area (Å²) in [5.41, 5.74) is 0.551. The van der Waals surface area contributed by atoms with E-state index in [1.54, 1.807) is 17.1 Å². The van der Waals surface area contributed by atoms with Crippen molar-refractivity contribution in [2.24, 2.45) is 0 Å². The molecule has 1 aromatic carbocycles. The third-order valence-electron chi connectivity index (χ3n) is 3.73. The highest BCUT2D eigenvalue weighted by atomic mass is 16.4. The molecule has 98 valence electrons. The van der Waals surface area contributed by atoms with Crippen molar-refractivity contribution in [1.29, 1.82) is 0 Å². The Bertz CT molecular complexity index is 600. The number of aliphatic hydroxyl groups is 1. The largest absolute Gasteiger partial charge is 0.481 e. The highest BCUT2D eigenvalue weighted by Crippen LogP contribution is 2.44. The third-order valence-corrected chi connectivity index (χ3v) is 3.73. The fourth-order valence-electron chi connectivity index (χ4n) is 2.57. The van der Waals surface area contributed by atoms with Gasteiger partial charge < -0.3 is 10.2 Å². The minimum absolute atomic E-state index is 0.253. The van der Waals surface area contributed by atoms with Gasteiger partial charge in [-0.25, -0.2) is 4.68 Å². The van der Waals surface area contributed by atoms with E-state index in [-0.39, 0.29) is 12.8 Å². The second kappa shape index (κ2) is 4.20. The third kappa shape index (κ3) is 1.82. The molecule has 0 atom stereocenters. The molecule has 2 N–H and O–H groups in total. The fraction of sp³-hybridized carbons (Fsp3) is 0.286. The van der Waals surface area contributed by atoms with Crippen LogP contribution in [0.4, 0.5) is 0 Å². The summed E-state index contributed by atoms with van der Waals surface area (Å²) in [5, 5.41) is 23.0. The zero-order chi connectivity index (χ0) is 13.5. The number of carbonyl (C=O) groups is 1. The van der Waals surface area contributed by atoms with Gasteiger partial charge in [0.15, 0.2) is 0 Å². The van der Waals surface area contributed by atoms with Crippen LogP contribution in [0, 0.1) is 0 Å². The molecule has 1 saturated carbocycles. The first-order valence-electron chi connectivity index (χ1n) is 6.14. The molecule has 5 heteroatoms. The van der Waals surface area contributed by atoms with Crippen molar-refractivity contribution in [1.82, 2.24) is 9.78 Å². The molecule has 3 rings (SSSR count). The molecule has 2 aromatic rings. The molecular weight excluding hydrogens is 244 g/mol. The molecule has 1 aliphatic carbocycles. The molecule has 1 heterocycles. The molecule has 0 amide bonds. The van der Waals surface area contributed by atoms with Gasteiger partial charge in [0.25, 0.3) is 0 Å². The average Bonchev–Trinajstić information content (AvgIpc) is 2.85. The molecule has 0 aliphatic heterocycles. The Balaban J connectivity index is 1.95. The summed E-state index contributed by atoms with van der Waals surface area (Å²) in [4.78, 5) is 11.4. The van der Waals surface area contributed by atoms with E-state index < -0.39 is 17.5 Å². The summed E-state index contributed by atoms with van der Waals surface area (Å²) >= 11 is 0. The molecule has 1 fully saturated rings. The maximum absolute atomic E-state index is 11.4. The van der Waals surface area contributed by atoms with Crippen molar-refractivity contribution in [2.75, 3.05) is 0 Å². The van der Waals surface area contributed by atoms with Gasteiger partial charge in [-0.2, -0.15) is 5.10 Å². The Hall–Kier alpha value is -2.14. The minimum atomic E-state index is -0.980. The Morgan fingerprint density at radius 2 is 2.00 bits per heavy atom. The lowest BCUT2D eigenvalue weighted by molar-refractivity contribution is -0.152. The van der Waals surface area contributed by atoms with Gasteiger partial charge >= 0.3 is 5.97 Å². The quantitative estimate of drug-likeness (QED) is 0.871. The van der Waals surface area contributed by atoms with Crippen molar-refractivity contribution < 1.29 is 15.0 Å². The highest BCUT2D eigenvalue weighted by molar-refractivity contribution is 5.82. The van der Waals surface area contributed by atoms with Gasteiger partial charge in [-0.05, 0) is 25.0 Å². The second-order valence-corrected chi connectivity index (χ2v) is 4.96. The van der Waals surface area contributed by atoms with Crippen LogP contribution in [0.5, 0.6) is 0 Å². The number of carboxylic acid groups (broad SMARTS) is 1. The van der Waals surface area contributed by atoms with Gasteiger partial charge in [0.05, 0.1) is 18.0 Å². The van der Waals surface area contributed by atoms with Crippen LogP contribution in [-0.2, 0) is 10.2 Å². The van der Waals surface area contributed by atoms with Crippen LogP contribution >= 0.6 is 0 Å². The summed E-state index contributed by atoms with van der Waals surface area (Å²) in [6, 6.07) is 9.52. The summed E-state index contributed by atoms with van der Waals surface area (Å²) in [5.74, 6) is -0.898. The lowest BCUT2D eigenvalue weighted by Crippen LogP contribution is -2.50. The zero-order valence-corrected chi connectivity index (χ0v) is 10.2. The lowest BCUT2D eigenvalue weighted by Gasteiger charge is -2.40. The van der Waals surface area contributed by atoms with Crippen LogP contribution in [0.25, 0.3) is 5.69 Å². The maximum atomic E-state index is 11.4. The highest BCUT2D eigenvalue weighted by Gasteiger charge is 2.52. The lowest BCUT2D eigenvalue weighted by atomic mass is 9.63. The molecule has 1 aliphatic rings. The fourth-order valence-corrected chi connectivity index (χ4v) is 2.57. The van der Waals surface area contributed by atoms with E-state index >= 15 is 0 Å². The number of para-hydroxylation sites is 1. The number of hydrogen-bond donors (Lipinski definition) is 2. The Morgan fingerprint density at radius 1 is 1.32 bits per heavy atom. The summed E-state index contributed by atoms with van der Waals surface area (Å²) in [6.07, 6.45) is 3.28. The number of hydrogen-bond acceptors (Lipinski definition) is 3. The average molecular weight is 258 g/mol. The molecule has 0 radical (unpaired) electrons. The van der Waals surface area contributed by atoms with E-state index in [2.05, 4.69) is 5.10 Å². The Kier molecular flexibility index (Phi) is 2.64. The molecule has 0 unspecified atom stereocenters.